The Morgan fingerprint density at radius 3 is 2.73 bits per heavy atom. The normalized spacial score (nSPS) is 30.5. The molecule has 0 aromatic heterocycles. The Kier molecular flexibility index (Phi) is 2.77. The monoisotopic (exact) mass is 175 g/mol. The van der Waals surface area contributed by atoms with Crippen LogP contribution in [-0.4, -0.2) is 28.8 Å². The summed E-state index contributed by atoms with van der Waals surface area (Å²) in [6.07, 6.45) is 2.21. The lowest BCUT2D eigenvalue weighted by Crippen LogP contribution is -2.60. The van der Waals surface area contributed by atoms with E-state index in [0.717, 1.165) is 19.4 Å². The highest BCUT2D eigenvalue weighted by atomic mass is 35.5. The lowest BCUT2D eigenvalue weighted by Gasteiger charge is -2.42. The molecule has 1 amide bonds. The van der Waals surface area contributed by atoms with E-state index in [-0.39, 0.29) is 17.3 Å². The fraction of sp³-hybridized carbons (Fsp3) is 0.875. The number of likely N-dealkylation sites (tertiary alicyclic amines) is 1. The third-order valence-electron chi connectivity index (χ3n) is 2.19. The first kappa shape index (κ1) is 8.85. The number of carbonyl (C=O) groups is 1. The van der Waals surface area contributed by atoms with Crippen LogP contribution in [0, 0.1) is 0 Å². The predicted molar refractivity (Wildman–Crippen MR) is 45.7 cm³/mol. The van der Waals surface area contributed by atoms with Gasteiger partial charge in [0.2, 0.25) is 5.91 Å². The van der Waals surface area contributed by atoms with Crippen LogP contribution in [0.4, 0.5) is 0 Å². The zero-order valence-corrected chi connectivity index (χ0v) is 7.77. The van der Waals surface area contributed by atoms with Gasteiger partial charge in [0, 0.05) is 6.54 Å². The molecule has 0 radical (unpaired) electrons. The van der Waals surface area contributed by atoms with Gasteiger partial charge in [-0.25, -0.2) is 0 Å². The van der Waals surface area contributed by atoms with Gasteiger partial charge in [-0.2, -0.15) is 0 Å². The van der Waals surface area contributed by atoms with E-state index in [1.54, 1.807) is 0 Å². The second-order valence-electron chi connectivity index (χ2n) is 3.03. The Balaban J connectivity index is 2.31. The standard InChI is InChI=1S/C8H14ClNO/c1-3-4-5-10-6(2)7(9)8(10)11/h6-7H,3-5H2,1-2H3/t6-,7+/m1/s1. The Labute approximate surface area is 72.5 Å². The third-order valence-corrected chi connectivity index (χ3v) is 2.74. The van der Waals surface area contributed by atoms with Crippen molar-refractivity contribution in [1.29, 1.82) is 0 Å². The molecular formula is C8H14ClNO. The van der Waals surface area contributed by atoms with E-state index < -0.39 is 0 Å². The maximum Gasteiger partial charge on any atom is 0.243 e. The van der Waals surface area contributed by atoms with E-state index in [9.17, 15) is 4.79 Å². The molecule has 1 saturated heterocycles. The fourth-order valence-electron chi connectivity index (χ4n) is 1.28. The average molecular weight is 176 g/mol. The first-order valence-electron chi connectivity index (χ1n) is 4.13. The highest BCUT2D eigenvalue weighted by Crippen LogP contribution is 2.24. The molecule has 0 aliphatic carbocycles. The van der Waals surface area contributed by atoms with E-state index in [1.807, 2.05) is 11.8 Å². The summed E-state index contributed by atoms with van der Waals surface area (Å²) in [5.41, 5.74) is 0. The Hall–Kier alpha value is -0.240. The van der Waals surface area contributed by atoms with E-state index in [2.05, 4.69) is 6.92 Å². The number of amides is 1. The van der Waals surface area contributed by atoms with E-state index >= 15 is 0 Å². The average Bonchev–Trinajstić information content (AvgIpc) is 2.04. The molecule has 1 aliphatic heterocycles. The minimum Gasteiger partial charge on any atom is -0.337 e. The van der Waals surface area contributed by atoms with Gasteiger partial charge in [0.1, 0.15) is 5.38 Å². The number of hydrogen-bond donors (Lipinski definition) is 0. The molecule has 0 saturated carbocycles. The zero-order valence-electron chi connectivity index (χ0n) is 7.01. The van der Waals surface area contributed by atoms with Crippen molar-refractivity contribution in [1.82, 2.24) is 4.90 Å². The molecule has 2 atom stereocenters. The number of hydrogen-bond acceptors (Lipinski definition) is 1. The van der Waals surface area contributed by atoms with Gasteiger partial charge >= 0.3 is 0 Å². The van der Waals surface area contributed by atoms with Gasteiger partial charge in [-0.1, -0.05) is 13.3 Å². The Bertz CT molecular complexity index is 160. The molecule has 11 heavy (non-hydrogen) atoms. The van der Waals surface area contributed by atoms with Gasteiger partial charge in [-0.3, -0.25) is 4.79 Å². The molecule has 1 aliphatic rings. The van der Waals surface area contributed by atoms with Crippen LogP contribution in [0.25, 0.3) is 0 Å². The quantitative estimate of drug-likeness (QED) is 0.472. The minimum absolute atomic E-state index is 0.104. The molecule has 1 heterocycles. The minimum atomic E-state index is -0.258. The number of carbonyl (C=O) groups excluding carboxylic acids is 1. The van der Waals surface area contributed by atoms with Crippen molar-refractivity contribution in [2.75, 3.05) is 6.54 Å². The lowest BCUT2D eigenvalue weighted by molar-refractivity contribution is -0.144. The van der Waals surface area contributed by atoms with Gasteiger partial charge < -0.3 is 4.90 Å². The van der Waals surface area contributed by atoms with Crippen molar-refractivity contribution in [3.8, 4) is 0 Å². The molecule has 0 bridgehead atoms. The van der Waals surface area contributed by atoms with E-state index in [0.29, 0.717) is 0 Å². The summed E-state index contributed by atoms with van der Waals surface area (Å²) in [5, 5.41) is -0.258. The van der Waals surface area contributed by atoms with Crippen molar-refractivity contribution in [2.45, 2.75) is 38.1 Å². The number of rotatable bonds is 3. The van der Waals surface area contributed by atoms with Crippen LogP contribution >= 0.6 is 11.6 Å². The summed E-state index contributed by atoms with van der Waals surface area (Å²) < 4.78 is 0. The van der Waals surface area contributed by atoms with Gasteiger partial charge in [-0.05, 0) is 13.3 Å². The summed E-state index contributed by atoms with van der Waals surface area (Å²) in [6.45, 7) is 4.99. The Morgan fingerprint density at radius 2 is 2.27 bits per heavy atom. The summed E-state index contributed by atoms with van der Waals surface area (Å²) in [5.74, 6) is 0.104. The van der Waals surface area contributed by atoms with Gasteiger partial charge in [0.15, 0.2) is 0 Å². The van der Waals surface area contributed by atoms with Crippen molar-refractivity contribution >= 4 is 17.5 Å². The van der Waals surface area contributed by atoms with Gasteiger partial charge in [-0.15, -0.1) is 11.6 Å². The van der Waals surface area contributed by atoms with Crippen LogP contribution < -0.4 is 0 Å². The van der Waals surface area contributed by atoms with Crippen LogP contribution in [0.1, 0.15) is 26.7 Å². The molecule has 0 N–H and O–H groups in total. The summed E-state index contributed by atoms with van der Waals surface area (Å²) in [6, 6.07) is 0.246. The lowest BCUT2D eigenvalue weighted by atomic mass is 10.0. The number of unbranched alkanes of at least 4 members (excludes halogenated alkanes) is 1. The fourth-order valence-corrected chi connectivity index (χ4v) is 1.54. The van der Waals surface area contributed by atoms with Crippen molar-refractivity contribution < 1.29 is 4.79 Å². The topological polar surface area (TPSA) is 20.3 Å². The molecular weight excluding hydrogens is 162 g/mol. The summed E-state index contributed by atoms with van der Waals surface area (Å²) in [7, 11) is 0. The second kappa shape index (κ2) is 3.44. The maximum atomic E-state index is 11.1. The molecule has 0 aromatic rings. The largest absolute Gasteiger partial charge is 0.337 e. The van der Waals surface area contributed by atoms with Crippen LogP contribution in [0.15, 0.2) is 0 Å². The summed E-state index contributed by atoms with van der Waals surface area (Å²) in [4.78, 5) is 12.9. The van der Waals surface area contributed by atoms with Crippen LogP contribution in [0.2, 0.25) is 0 Å². The zero-order chi connectivity index (χ0) is 8.43. The highest BCUT2D eigenvalue weighted by Gasteiger charge is 2.42. The van der Waals surface area contributed by atoms with Crippen LogP contribution in [0.5, 0.6) is 0 Å². The second-order valence-corrected chi connectivity index (χ2v) is 3.50. The first-order valence-corrected chi connectivity index (χ1v) is 4.56. The van der Waals surface area contributed by atoms with Crippen molar-refractivity contribution in [2.24, 2.45) is 0 Å². The van der Waals surface area contributed by atoms with Gasteiger partial charge in [0.25, 0.3) is 0 Å². The van der Waals surface area contributed by atoms with E-state index in [4.69, 9.17) is 11.6 Å². The molecule has 3 heteroatoms. The SMILES string of the molecule is CCCCN1C(=O)[C@@H](Cl)[C@H]1C. The molecule has 64 valence electrons. The first-order chi connectivity index (χ1) is 5.18. The Morgan fingerprint density at radius 1 is 1.64 bits per heavy atom. The smallest absolute Gasteiger partial charge is 0.243 e. The molecule has 2 nitrogen and oxygen atoms in total. The van der Waals surface area contributed by atoms with Crippen molar-refractivity contribution in [3.05, 3.63) is 0 Å². The number of nitrogens with zero attached hydrogens (tertiary/aromatic N) is 1. The third kappa shape index (κ3) is 1.51. The van der Waals surface area contributed by atoms with Crippen LogP contribution in [0.3, 0.4) is 0 Å². The number of alkyl halides is 1. The molecule has 1 fully saturated rings. The molecule has 0 unspecified atom stereocenters. The number of halogens is 1. The highest BCUT2D eigenvalue weighted by molar-refractivity contribution is 6.33. The molecule has 0 aromatic carbocycles. The number of β-lactam (4-membered cyclic amide) rings is 1. The maximum absolute atomic E-state index is 11.1. The molecule has 1 rings (SSSR count). The summed E-state index contributed by atoms with van der Waals surface area (Å²) >= 11 is 5.73. The van der Waals surface area contributed by atoms with Gasteiger partial charge in [0.05, 0.1) is 6.04 Å². The molecule has 0 spiro atoms. The van der Waals surface area contributed by atoms with E-state index in [1.165, 1.54) is 0 Å². The van der Waals surface area contributed by atoms with Crippen molar-refractivity contribution in [3.63, 3.8) is 0 Å². The predicted octanol–water partition coefficient (Wildman–Crippen LogP) is 1.62. The van der Waals surface area contributed by atoms with Crippen LogP contribution in [-0.2, 0) is 4.79 Å².